The standard InChI is InChI=1S/C18H25FN2O/c19-17-7-5-15(6-8-17)12-18(22)21-11-3-4-16(14-21)13-20-9-1-2-10-20/h5-8,16H,1-4,9-14H2. The lowest BCUT2D eigenvalue weighted by atomic mass is 9.97. The van der Waals surface area contributed by atoms with E-state index in [2.05, 4.69) is 4.90 Å². The van der Waals surface area contributed by atoms with E-state index in [1.54, 1.807) is 12.1 Å². The van der Waals surface area contributed by atoms with Gasteiger partial charge in [-0.15, -0.1) is 0 Å². The summed E-state index contributed by atoms with van der Waals surface area (Å²) in [6.07, 6.45) is 5.36. The molecule has 1 aromatic carbocycles. The van der Waals surface area contributed by atoms with Crippen molar-refractivity contribution in [3.05, 3.63) is 35.6 Å². The molecule has 3 rings (SSSR count). The summed E-state index contributed by atoms with van der Waals surface area (Å²) in [4.78, 5) is 17.0. The summed E-state index contributed by atoms with van der Waals surface area (Å²) in [6.45, 7) is 5.34. The van der Waals surface area contributed by atoms with Crippen LogP contribution in [-0.4, -0.2) is 48.4 Å². The molecule has 22 heavy (non-hydrogen) atoms. The molecule has 0 saturated carbocycles. The van der Waals surface area contributed by atoms with E-state index in [9.17, 15) is 9.18 Å². The lowest BCUT2D eigenvalue weighted by Crippen LogP contribution is -2.43. The molecule has 0 aromatic heterocycles. The van der Waals surface area contributed by atoms with Crippen molar-refractivity contribution in [1.82, 2.24) is 9.80 Å². The highest BCUT2D eigenvalue weighted by Crippen LogP contribution is 2.20. The van der Waals surface area contributed by atoms with Gasteiger partial charge in [0.25, 0.3) is 0 Å². The van der Waals surface area contributed by atoms with Crippen molar-refractivity contribution in [2.45, 2.75) is 32.1 Å². The van der Waals surface area contributed by atoms with Crippen LogP contribution < -0.4 is 0 Å². The first kappa shape index (κ1) is 15.5. The third-order valence-electron chi connectivity index (χ3n) is 4.86. The Morgan fingerprint density at radius 2 is 1.82 bits per heavy atom. The largest absolute Gasteiger partial charge is 0.342 e. The zero-order valence-electron chi connectivity index (χ0n) is 13.1. The van der Waals surface area contributed by atoms with Gasteiger partial charge in [0.2, 0.25) is 5.91 Å². The van der Waals surface area contributed by atoms with Crippen LogP contribution in [0.3, 0.4) is 0 Å². The molecule has 2 aliphatic rings. The van der Waals surface area contributed by atoms with Crippen molar-refractivity contribution in [1.29, 1.82) is 0 Å². The number of rotatable bonds is 4. The highest BCUT2D eigenvalue weighted by atomic mass is 19.1. The zero-order chi connectivity index (χ0) is 15.4. The number of amides is 1. The first-order chi connectivity index (χ1) is 10.7. The fourth-order valence-corrected chi connectivity index (χ4v) is 3.66. The van der Waals surface area contributed by atoms with Crippen LogP contribution in [-0.2, 0) is 11.2 Å². The number of benzene rings is 1. The van der Waals surface area contributed by atoms with E-state index in [-0.39, 0.29) is 11.7 Å². The third kappa shape index (κ3) is 4.07. The highest BCUT2D eigenvalue weighted by Gasteiger charge is 2.26. The van der Waals surface area contributed by atoms with Gasteiger partial charge in [-0.3, -0.25) is 4.79 Å². The minimum Gasteiger partial charge on any atom is -0.342 e. The maximum absolute atomic E-state index is 12.9. The van der Waals surface area contributed by atoms with Gasteiger partial charge in [-0.1, -0.05) is 12.1 Å². The van der Waals surface area contributed by atoms with E-state index in [1.807, 2.05) is 4.90 Å². The van der Waals surface area contributed by atoms with Crippen LogP contribution in [0.2, 0.25) is 0 Å². The molecule has 120 valence electrons. The van der Waals surface area contributed by atoms with Crippen LogP contribution in [0.15, 0.2) is 24.3 Å². The van der Waals surface area contributed by atoms with Gasteiger partial charge in [0.1, 0.15) is 5.82 Å². The van der Waals surface area contributed by atoms with Crippen LogP contribution in [0, 0.1) is 11.7 Å². The van der Waals surface area contributed by atoms with Crippen LogP contribution in [0.5, 0.6) is 0 Å². The van der Waals surface area contributed by atoms with Gasteiger partial charge in [0.05, 0.1) is 6.42 Å². The normalized spacial score (nSPS) is 23.0. The number of piperidine rings is 1. The fraction of sp³-hybridized carbons (Fsp3) is 0.611. The van der Waals surface area contributed by atoms with E-state index >= 15 is 0 Å². The Hall–Kier alpha value is -1.42. The first-order valence-electron chi connectivity index (χ1n) is 8.45. The molecule has 0 bridgehead atoms. The summed E-state index contributed by atoms with van der Waals surface area (Å²) < 4.78 is 12.9. The lowest BCUT2D eigenvalue weighted by Gasteiger charge is -2.34. The summed E-state index contributed by atoms with van der Waals surface area (Å²) in [7, 11) is 0. The Morgan fingerprint density at radius 1 is 1.09 bits per heavy atom. The van der Waals surface area contributed by atoms with Gasteiger partial charge in [0, 0.05) is 19.6 Å². The van der Waals surface area contributed by atoms with E-state index in [0.29, 0.717) is 12.3 Å². The number of carbonyl (C=O) groups excluding carboxylic acids is 1. The molecule has 1 unspecified atom stereocenters. The maximum atomic E-state index is 12.9. The first-order valence-corrected chi connectivity index (χ1v) is 8.45. The summed E-state index contributed by atoms with van der Waals surface area (Å²) in [5.41, 5.74) is 0.896. The van der Waals surface area contributed by atoms with Gasteiger partial charge in [-0.05, 0) is 62.4 Å². The van der Waals surface area contributed by atoms with E-state index in [0.717, 1.165) is 31.6 Å². The Morgan fingerprint density at radius 3 is 2.55 bits per heavy atom. The van der Waals surface area contributed by atoms with Gasteiger partial charge < -0.3 is 9.80 Å². The quantitative estimate of drug-likeness (QED) is 0.854. The molecule has 2 aliphatic heterocycles. The van der Waals surface area contributed by atoms with Crippen LogP contribution >= 0.6 is 0 Å². The molecule has 0 spiro atoms. The minimum absolute atomic E-state index is 0.178. The Labute approximate surface area is 132 Å². The highest BCUT2D eigenvalue weighted by molar-refractivity contribution is 5.78. The Kier molecular flexibility index (Phi) is 5.08. The van der Waals surface area contributed by atoms with Gasteiger partial charge in [-0.25, -0.2) is 4.39 Å². The van der Waals surface area contributed by atoms with Crippen LogP contribution in [0.25, 0.3) is 0 Å². The van der Waals surface area contributed by atoms with Gasteiger partial charge >= 0.3 is 0 Å². The molecule has 0 aliphatic carbocycles. The number of carbonyl (C=O) groups is 1. The molecule has 1 atom stereocenters. The second-order valence-electron chi connectivity index (χ2n) is 6.66. The van der Waals surface area contributed by atoms with Crippen LogP contribution in [0.4, 0.5) is 4.39 Å². The number of nitrogens with zero attached hydrogens (tertiary/aromatic N) is 2. The average Bonchev–Trinajstić information content (AvgIpc) is 3.03. The van der Waals surface area contributed by atoms with E-state index < -0.39 is 0 Å². The van der Waals surface area contributed by atoms with E-state index in [1.165, 1.54) is 44.5 Å². The van der Waals surface area contributed by atoms with Crippen molar-refractivity contribution < 1.29 is 9.18 Å². The smallest absolute Gasteiger partial charge is 0.226 e. The van der Waals surface area contributed by atoms with Crippen molar-refractivity contribution in [2.24, 2.45) is 5.92 Å². The molecule has 1 aromatic rings. The molecule has 1 amide bonds. The molecule has 0 radical (unpaired) electrons. The van der Waals surface area contributed by atoms with Gasteiger partial charge in [-0.2, -0.15) is 0 Å². The molecule has 2 heterocycles. The van der Waals surface area contributed by atoms with Crippen molar-refractivity contribution >= 4 is 5.91 Å². The number of likely N-dealkylation sites (tertiary alicyclic amines) is 2. The molecule has 0 N–H and O–H groups in total. The second-order valence-corrected chi connectivity index (χ2v) is 6.66. The molecule has 3 nitrogen and oxygen atoms in total. The van der Waals surface area contributed by atoms with E-state index in [4.69, 9.17) is 0 Å². The lowest BCUT2D eigenvalue weighted by molar-refractivity contribution is -0.132. The monoisotopic (exact) mass is 304 g/mol. The van der Waals surface area contributed by atoms with Gasteiger partial charge in [0.15, 0.2) is 0 Å². The number of hydrogen-bond acceptors (Lipinski definition) is 2. The topological polar surface area (TPSA) is 23.6 Å². The molecule has 4 heteroatoms. The molecular weight excluding hydrogens is 279 g/mol. The third-order valence-corrected chi connectivity index (χ3v) is 4.86. The number of hydrogen-bond donors (Lipinski definition) is 0. The molecule has 2 fully saturated rings. The Balaban J connectivity index is 1.52. The fourth-order valence-electron chi connectivity index (χ4n) is 3.66. The van der Waals surface area contributed by atoms with Crippen LogP contribution in [0.1, 0.15) is 31.2 Å². The van der Waals surface area contributed by atoms with Crippen molar-refractivity contribution in [3.63, 3.8) is 0 Å². The summed E-state index contributed by atoms with van der Waals surface area (Å²) in [6, 6.07) is 6.27. The Bertz CT molecular complexity index is 496. The second kappa shape index (κ2) is 7.23. The maximum Gasteiger partial charge on any atom is 0.226 e. The predicted molar refractivity (Wildman–Crippen MR) is 85.1 cm³/mol. The summed E-state index contributed by atoms with van der Waals surface area (Å²) in [5, 5.41) is 0. The average molecular weight is 304 g/mol. The SMILES string of the molecule is O=C(Cc1ccc(F)cc1)N1CCCC(CN2CCCC2)C1. The summed E-state index contributed by atoms with van der Waals surface area (Å²) >= 11 is 0. The number of halogens is 1. The van der Waals surface area contributed by atoms with Crippen molar-refractivity contribution in [3.8, 4) is 0 Å². The zero-order valence-corrected chi connectivity index (χ0v) is 13.1. The van der Waals surface area contributed by atoms with Crippen molar-refractivity contribution in [2.75, 3.05) is 32.7 Å². The minimum atomic E-state index is -0.250. The summed E-state index contributed by atoms with van der Waals surface area (Å²) in [5.74, 6) is 0.543. The predicted octanol–water partition coefficient (Wildman–Crippen LogP) is 2.70. The molecule has 2 saturated heterocycles. The molecular formula is C18H25FN2O.